The fourth-order valence-electron chi connectivity index (χ4n) is 2.97. The maximum Gasteiger partial charge on any atom is 0.292 e. The Hall–Kier alpha value is -3.13. The summed E-state index contributed by atoms with van der Waals surface area (Å²) in [6, 6.07) is 8.48. The molecule has 0 aliphatic carbocycles. The number of halogens is 3. The lowest BCUT2D eigenvalue weighted by Gasteiger charge is -2.21. The van der Waals surface area contributed by atoms with E-state index in [1.54, 1.807) is 26.2 Å². The Morgan fingerprint density at radius 1 is 1.10 bits per heavy atom. The van der Waals surface area contributed by atoms with Crippen molar-refractivity contribution >= 4 is 17.3 Å². The summed E-state index contributed by atoms with van der Waals surface area (Å²) in [4.78, 5) is 14.4. The van der Waals surface area contributed by atoms with Crippen molar-refractivity contribution < 1.29 is 18.3 Å². The summed E-state index contributed by atoms with van der Waals surface area (Å²) in [6.45, 7) is 0.533. The van der Waals surface area contributed by atoms with Gasteiger partial charge in [-0.25, -0.2) is 8.78 Å². The molecule has 0 atom stereocenters. The second-order valence-corrected chi connectivity index (χ2v) is 6.90. The standard InChI is InChI=1S/C21H20ClF2N3O3/c1-26(9-8-13-4-7-18(29-2)19(10-13)30-3)17-12-25-27(21(28)20(17)22)16-6-5-14(23)11-15(16)24/h4-7,10-12H,8-9H2,1-3H3. The summed E-state index contributed by atoms with van der Waals surface area (Å²) < 4.78 is 38.5. The molecule has 158 valence electrons. The number of rotatable bonds is 7. The fraction of sp³-hybridized carbons (Fsp3) is 0.238. The highest BCUT2D eigenvalue weighted by atomic mass is 35.5. The lowest BCUT2D eigenvalue weighted by molar-refractivity contribution is 0.354. The molecule has 6 nitrogen and oxygen atoms in total. The Bertz CT molecular complexity index is 1120. The van der Waals surface area contributed by atoms with Crippen molar-refractivity contribution in [3.63, 3.8) is 0 Å². The van der Waals surface area contributed by atoms with E-state index >= 15 is 0 Å². The van der Waals surface area contributed by atoms with Crippen LogP contribution in [0.5, 0.6) is 11.5 Å². The molecule has 2 aromatic carbocycles. The topological polar surface area (TPSA) is 56.6 Å². The Morgan fingerprint density at radius 3 is 2.50 bits per heavy atom. The van der Waals surface area contributed by atoms with E-state index in [4.69, 9.17) is 21.1 Å². The zero-order valence-corrected chi connectivity index (χ0v) is 17.4. The van der Waals surface area contributed by atoms with Crippen LogP contribution in [0.1, 0.15) is 5.56 Å². The Balaban J connectivity index is 1.81. The molecule has 0 amide bonds. The van der Waals surface area contributed by atoms with Crippen molar-refractivity contribution in [1.29, 1.82) is 0 Å². The van der Waals surface area contributed by atoms with Gasteiger partial charge >= 0.3 is 0 Å². The number of benzene rings is 2. The number of methoxy groups -OCH3 is 2. The third-order valence-electron chi connectivity index (χ3n) is 4.63. The van der Waals surface area contributed by atoms with Gasteiger partial charge in [-0.3, -0.25) is 4.79 Å². The number of hydrogen-bond donors (Lipinski definition) is 0. The second-order valence-electron chi connectivity index (χ2n) is 6.52. The van der Waals surface area contributed by atoms with Gasteiger partial charge in [0.2, 0.25) is 0 Å². The van der Waals surface area contributed by atoms with Crippen LogP contribution in [0.15, 0.2) is 47.4 Å². The summed E-state index contributed by atoms with van der Waals surface area (Å²) in [5.74, 6) is -0.392. The SMILES string of the molecule is COc1ccc(CCN(C)c2cnn(-c3ccc(F)cc3F)c(=O)c2Cl)cc1OC. The highest BCUT2D eigenvalue weighted by Crippen LogP contribution is 2.28. The van der Waals surface area contributed by atoms with Gasteiger partial charge in [0.1, 0.15) is 16.5 Å². The zero-order valence-electron chi connectivity index (χ0n) is 16.7. The number of likely N-dealkylation sites (N-methyl/N-ethyl adjacent to an activating group) is 1. The maximum absolute atomic E-state index is 14.0. The molecular weight excluding hydrogens is 416 g/mol. The minimum absolute atomic E-state index is 0.108. The molecule has 1 aromatic heterocycles. The van der Waals surface area contributed by atoms with Crippen LogP contribution >= 0.6 is 11.6 Å². The van der Waals surface area contributed by atoms with Gasteiger partial charge in [-0.2, -0.15) is 9.78 Å². The Morgan fingerprint density at radius 2 is 1.83 bits per heavy atom. The molecule has 30 heavy (non-hydrogen) atoms. The van der Waals surface area contributed by atoms with E-state index in [-0.39, 0.29) is 10.7 Å². The first-order valence-electron chi connectivity index (χ1n) is 9.01. The monoisotopic (exact) mass is 435 g/mol. The molecule has 0 aliphatic rings. The summed E-state index contributed by atoms with van der Waals surface area (Å²) in [5, 5.41) is 3.90. The van der Waals surface area contributed by atoms with Gasteiger partial charge in [0, 0.05) is 19.7 Å². The molecule has 0 spiro atoms. The van der Waals surface area contributed by atoms with Gasteiger partial charge in [0.15, 0.2) is 17.3 Å². The Kier molecular flexibility index (Phi) is 6.56. The molecule has 0 fully saturated rings. The predicted octanol–water partition coefficient (Wildman–Crippen LogP) is 3.86. The quantitative estimate of drug-likeness (QED) is 0.564. The van der Waals surface area contributed by atoms with Gasteiger partial charge in [0.05, 0.1) is 26.1 Å². The van der Waals surface area contributed by atoms with E-state index in [1.807, 2.05) is 18.2 Å². The van der Waals surface area contributed by atoms with E-state index in [1.165, 1.54) is 6.20 Å². The molecule has 1 heterocycles. The molecule has 0 saturated heterocycles. The molecule has 0 unspecified atom stereocenters. The smallest absolute Gasteiger partial charge is 0.292 e. The van der Waals surface area contributed by atoms with Gasteiger partial charge in [-0.1, -0.05) is 17.7 Å². The fourth-order valence-corrected chi connectivity index (χ4v) is 3.24. The summed E-state index contributed by atoms with van der Waals surface area (Å²) >= 11 is 6.25. The first-order valence-corrected chi connectivity index (χ1v) is 9.38. The highest BCUT2D eigenvalue weighted by molar-refractivity contribution is 6.33. The Labute approximate surface area is 177 Å². The maximum atomic E-state index is 14.0. The molecule has 0 aliphatic heterocycles. The number of ether oxygens (including phenoxy) is 2. The number of nitrogens with zero attached hydrogens (tertiary/aromatic N) is 3. The first kappa shape index (κ1) is 21.6. The third-order valence-corrected chi connectivity index (χ3v) is 4.99. The average molecular weight is 436 g/mol. The zero-order chi connectivity index (χ0) is 21.8. The number of anilines is 1. The van der Waals surface area contributed by atoms with E-state index in [0.717, 1.165) is 22.4 Å². The minimum atomic E-state index is -0.907. The van der Waals surface area contributed by atoms with Gasteiger partial charge in [-0.15, -0.1) is 0 Å². The molecular formula is C21H20ClF2N3O3. The molecule has 3 rings (SSSR count). The highest BCUT2D eigenvalue weighted by Gasteiger charge is 2.16. The summed E-state index contributed by atoms with van der Waals surface area (Å²) in [6.07, 6.45) is 2.02. The van der Waals surface area contributed by atoms with Crippen molar-refractivity contribution in [3.8, 4) is 17.2 Å². The second kappa shape index (κ2) is 9.13. The van der Waals surface area contributed by atoms with Crippen molar-refractivity contribution in [2.45, 2.75) is 6.42 Å². The molecule has 3 aromatic rings. The van der Waals surface area contributed by atoms with Gasteiger partial charge in [0.25, 0.3) is 5.56 Å². The van der Waals surface area contributed by atoms with E-state index in [2.05, 4.69) is 5.10 Å². The minimum Gasteiger partial charge on any atom is -0.493 e. The number of aromatic nitrogens is 2. The van der Waals surface area contributed by atoms with Crippen LogP contribution in [0.3, 0.4) is 0 Å². The van der Waals surface area contributed by atoms with Crippen molar-refractivity contribution in [2.75, 3.05) is 32.7 Å². The van der Waals surface area contributed by atoms with Crippen LogP contribution in [-0.2, 0) is 6.42 Å². The lowest BCUT2D eigenvalue weighted by atomic mass is 10.1. The van der Waals surface area contributed by atoms with Crippen molar-refractivity contribution in [2.24, 2.45) is 0 Å². The van der Waals surface area contributed by atoms with Crippen LogP contribution in [0.25, 0.3) is 5.69 Å². The van der Waals surface area contributed by atoms with E-state index in [0.29, 0.717) is 36.2 Å². The van der Waals surface area contributed by atoms with Gasteiger partial charge in [-0.05, 0) is 36.2 Å². The third kappa shape index (κ3) is 4.38. The largest absolute Gasteiger partial charge is 0.493 e. The van der Waals surface area contributed by atoms with E-state index < -0.39 is 17.2 Å². The molecule has 0 N–H and O–H groups in total. The molecule has 9 heteroatoms. The van der Waals surface area contributed by atoms with Crippen LogP contribution in [-0.4, -0.2) is 37.6 Å². The molecule has 0 bridgehead atoms. The molecule has 0 saturated carbocycles. The van der Waals surface area contributed by atoms with Crippen molar-refractivity contribution in [1.82, 2.24) is 9.78 Å². The summed E-state index contributed by atoms with van der Waals surface area (Å²) in [7, 11) is 4.91. The first-order chi connectivity index (χ1) is 14.3. The lowest BCUT2D eigenvalue weighted by Crippen LogP contribution is -2.28. The van der Waals surface area contributed by atoms with Crippen LogP contribution in [0.2, 0.25) is 5.02 Å². The van der Waals surface area contributed by atoms with E-state index in [9.17, 15) is 13.6 Å². The molecule has 0 radical (unpaired) electrons. The predicted molar refractivity (Wildman–Crippen MR) is 111 cm³/mol. The number of hydrogen-bond acceptors (Lipinski definition) is 5. The van der Waals surface area contributed by atoms with Crippen LogP contribution in [0, 0.1) is 11.6 Å². The van der Waals surface area contributed by atoms with Crippen LogP contribution < -0.4 is 19.9 Å². The normalized spacial score (nSPS) is 10.7. The van der Waals surface area contributed by atoms with Gasteiger partial charge < -0.3 is 14.4 Å². The average Bonchev–Trinajstić information content (AvgIpc) is 2.74. The van der Waals surface area contributed by atoms with Crippen LogP contribution in [0.4, 0.5) is 14.5 Å². The van der Waals surface area contributed by atoms with Crippen molar-refractivity contribution in [3.05, 3.63) is 75.2 Å². The summed E-state index contributed by atoms with van der Waals surface area (Å²) in [5.41, 5.74) is 0.534.